The first kappa shape index (κ1) is 28.0. The van der Waals surface area contributed by atoms with Crippen molar-refractivity contribution in [2.24, 2.45) is 17.6 Å². The monoisotopic (exact) mass is 472 g/mol. The fourth-order valence-corrected chi connectivity index (χ4v) is 3.87. The van der Waals surface area contributed by atoms with Crippen molar-refractivity contribution in [2.75, 3.05) is 12.4 Å². The van der Waals surface area contributed by atoms with E-state index >= 15 is 0 Å². The number of ketones is 2. The zero-order valence-corrected chi connectivity index (χ0v) is 20.4. The van der Waals surface area contributed by atoms with Gasteiger partial charge >= 0.3 is 0 Å². The summed E-state index contributed by atoms with van der Waals surface area (Å²) in [4.78, 5) is 63.6. The number of hydrogen-bond acceptors (Lipinski definition) is 6. The fraction of sp³-hybridized carbons (Fsp3) is 0.773. The molecule has 0 aromatic heterocycles. The predicted molar refractivity (Wildman–Crippen MR) is 122 cm³/mol. The Hall–Kier alpha value is -2.00. The molecule has 1 unspecified atom stereocenters. The number of rotatable bonds is 12. The Balaban J connectivity index is 2.77. The highest BCUT2D eigenvalue weighted by molar-refractivity contribution is 6.28. The zero-order valence-electron chi connectivity index (χ0n) is 19.7. The molecule has 32 heavy (non-hydrogen) atoms. The van der Waals surface area contributed by atoms with E-state index in [1.807, 2.05) is 13.8 Å². The molecule has 10 heteroatoms. The Kier molecular flexibility index (Phi) is 11.3. The lowest BCUT2D eigenvalue weighted by Gasteiger charge is -2.28. The molecule has 5 atom stereocenters. The molecule has 9 nitrogen and oxygen atoms in total. The van der Waals surface area contributed by atoms with E-state index in [2.05, 4.69) is 10.6 Å². The standard InChI is InChI=1S/C22H37ClN4O5/c1-12(2)9-16(19(29)11-23)26-21(31)17-7-6-8-27(17)22(32)13(3)10-18(28)15(5)25-20(30)14(4)24/h12-17H,6-11,24H2,1-5H3,(H,25,30)(H,26,31)/t13-,14+,15-,16?,17+/m1/s1. The van der Waals surface area contributed by atoms with Crippen LogP contribution in [0.2, 0.25) is 0 Å². The molecular weight excluding hydrogens is 436 g/mol. The first-order chi connectivity index (χ1) is 14.9. The summed E-state index contributed by atoms with van der Waals surface area (Å²) in [7, 11) is 0. The molecule has 182 valence electrons. The van der Waals surface area contributed by atoms with E-state index in [0.717, 1.165) is 0 Å². The van der Waals surface area contributed by atoms with E-state index < -0.39 is 36.0 Å². The number of carbonyl (C=O) groups is 5. The molecule has 1 aliphatic heterocycles. The maximum Gasteiger partial charge on any atom is 0.243 e. The van der Waals surface area contributed by atoms with Gasteiger partial charge in [0.1, 0.15) is 6.04 Å². The molecule has 4 N–H and O–H groups in total. The Morgan fingerprint density at radius 2 is 1.66 bits per heavy atom. The zero-order chi connectivity index (χ0) is 24.6. The molecule has 1 rings (SSSR count). The van der Waals surface area contributed by atoms with Gasteiger partial charge in [0, 0.05) is 18.9 Å². The van der Waals surface area contributed by atoms with Gasteiger partial charge in [0.2, 0.25) is 17.7 Å². The van der Waals surface area contributed by atoms with E-state index in [-0.39, 0.29) is 41.6 Å². The van der Waals surface area contributed by atoms with Crippen LogP contribution in [0.1, 0.15) is 60.3 Å². The lowest BCUT2D eigenvalue weighted by Crippen LogP contribution is -2.52. The Morgan fingerprint density at radius 1 is 1.03 bits per heavy atom. The van der Waals surface area contributed by atoms with Crippen LogP contribution in [0, 0.1) is 11.8 Å². The lowest BCUT2D eigenvalue weighted by atomic mass is 9.98. The molecule has 0 aromatic rings. The van der Waals surface area contributed by atoms with Gasteiger partial charge < -0.3 is 21.3 Å². The van der Waals surface area contributed by atoms with E-state index in [9.17, 15) is 24.0 Å². The molecule has 0 radical (unpaired) electrons. The summed E-state index contributed by atoms with van der Waals surface area (Å²) in [5.41, 5.74) is 5.50. The molecule has 0 aliphatic carbocycles. The van der Waals surface area contributed by atoms with E-state index in [4.69, 9.17) is 17.3 Å². The summed E-state index contributed by atoms with van der Waals surface area (Å²) in [5, 5.41) is 5.29. The van der Waals surface area contributed by atoms with Crippen LogP contribution < -0.4 is 16.4 Å². The quantitative estimate of drug-likeness (QED) is 0.358. The highest BCUT2D eigenvalue weighted by Crippen LogP contribution is 2.22. The van der Waals surface area contributed by atoms with Crippen LogP contribution in [0.25, 0.3) is 0 Å². The largest absolute Gasteiger partial charge is 0.345 e. The van der Waals surface area contributed by atoms with E-state index in [1.165, 1.54) is 11.8 Å². The van der Waals surface area contributed by atoms with Gasteiger partial charge in [-0.3, -0.25) is 24.0 Å². The number of nitrogens with one attached hydrogen (secondary N) is 2. The van der Waals surface area contributed by atoms with Crippen LogP contribution in [0.15, 0.2) is 0 Å². The Labute approximate surface area is 195 Å². The molecule has 1 saturated heterocycles. The molecule has 1 aliphatic rings. The second-order valence-corrected chi connectivity index (χ2v) is 9.34. The van der Waals surface area contributed by atoms with Gasteiger partial charge in [0.05, 0.1) is 24.0 Å². The van der Waals surface area contributed by atoms with Crippen molar-refractivity contribution in [1.29, 1.82) is 0 Å². The number of Topliss-reactive ketones (excluding diaryl/α,β-unsaturated/α-hetero) is 2. The van der Waals surface area contributed by atoms with Crippen LogP contribution in [0.3, 0.4) is 0 Å². The summed E-state index contributed by atoms with van der Waals surface area (Å²) in [6.07, 6.45) is 1.55. The normalized spacial score (nSPS) is 19.8. The number of alkyl halides is 1. The van der Waals surface area contributed by atoms with Gasteiger partial charge in [0.25, 0.3) is 0 Å². The molecule has 3 amide bonds. The average molecular weight is 473 g/mol. The number of amides is 3. The van der Waals surface area contributed by atoms with E-state index in [1.54, 1.807) is 13.8 Å². The number of hydrogen-bond donors (Lipinski definition) is 3. The Morgan fingerprint density at radius 3 is 2.19 bits per heavy atom. The van der Waals surface area contributed by atoms with Crippen molar-refractivity contribution in [3.05, 3.63) is 0 Å². The van der Waals surface area contributed by atoms with Crippen molar-refractivity contribution in [1.82, 2.24) is 15.5 Å². The maximum atomic E-state index is 13.0. The summed E-state index contributed by atoms with van der Waals surface area (Å²) in [6, 6.07) is -2.88. The third kappa shape index (κ3) is 8.16. The number of halogens is 1. The summed E-state index contributed by atoms with van der Waals surface area (Å²) >= 11 is 5.69. The van der Waals surface area contributed by atoms with E-state index in [0.29, 0.717) is 25.8 Å². The number of nitrogens with zero attached hydrogens (tertiary/aromatic N) is 1. The van der Waals surface area contributed by atoms with Crippen LogP contribution >= 0.6 is 11.6 Å². The van der Waals surface area contributed by atoms with Crippen LogP contribution in [-0.2, 0) is 24.0 Å². The molecule has 0 aromatic carbocycles. The first-order valence-electron chi connectivity index (χ1n) is 11.2. The van der Waals surface area contributed by atoms with Gasteiger partial charge in [-0.25, -0.2) is 0 Å². The summed E-state index contributed by atoms with van der Waals surface area (Å²) < 4.78 is 0. The third-order valence-electron chi connectivity index (χ3n) is 5.57. The van der Waals surface area contributed by atoms with Gasteiger partial charge in [-0.1, -0.05) is 20.8 Å². The average Bonchev–Trinajstić information content (AvgIpc) is 3.21. The predicted octanol–water partition coefficient (Wildman–Crippen LogP) is 0.763. The van der Waals surface area contributed by atoms with Gasteiger partial charge in [-0.2, -0.15) is 0 Å². The second-order valence-electron chi connectivity index (χ2n) is 9.07. The molecule has 0 bridgehead atoms. The van der Waals surface area contributed by atoms with Crippen molar-refractivity contribution < 1.29 is 24.0 Å². The van der Waals surface area contributed by atoms with Crippen LogP contribution in [0.4, 0.5) is 0 Å². The molecule has 1 fully saturated rings. The van der Waals surface area contributed by atoms with Crippen LogP contribution in [0.5, 0.6) is 0 Å². The van der Waals surface area contributed by atoms with Crippen molar-refractivity contribution in [3.8, 4) is 0 Å². The second kappa shape index (κ2) is 12.9. The molecule has 1 heterocycles. The molecular formula is C22H37ClN4O5. The number of carbonyl (C=O) groups excluding carboxylic acids is 5. The SMILES string of the molecule is CC(C)CC(NC(=O)[C@@H]1CCCN1C(=O)[C@H](C)CC(=O)[C@@H](C)NC(=O)[C@H](C)N)C(=O)CCl. The minimum Gasteiger partial charge on any atom is -0.345 e. The maximum absolute atomic E-state index is 13.0. The Bertz CT molecular complexity index is 712. The van der Waals surface area contributed by atoms with Crippen molar-refractivity contribution in [3.63, 3.8) is 0 Å². The topological polar surface area (TPSA) is 139 Å². The first-order valence-corrected chi connectivity index (χ1v) is 11.7. The van der Waals surface area contributed by atoms with Gasteiger partial charge in [-0.05, 0) is 39.0 Å². The minimum atomic E-state index is -0.764. The highest BCUT2D eigenvalue weighted by atomic mass is 35.5. The number of nitrogens with two attached hydrogens (primary N) is 1. The van der Waals surface area contributed by atoms with Gasteiger partial charge in [0.15, 0.2) is 11.6 Å². The lowest BCUT2D eigenvalue weighted by molar-refractivity contribution is -0.143. The minimum absolute atomic E-state index is 0.0647. The van der Waals surface area contributed by atoms with Crippen molar-refractivity contribution in [2.45, 2.75) is 84.5 Å². The summed E-state index contributed by atoms with van der Waals surface area (Å²) in [6.45, 7) is 9.00. The van der Waals surface area contributed by atoms with Crippen LogP contribution in [-0.4, -0.2) is 70.8 Å². The van der Waals surface area contributed by atoms with Gasteiger partial charge in [-0.15, -0.1) is 11.6 Å². The fourth-order valence-electron chi connectivity index (χ4n) is 3.68. The highest BCUT2D eigenvalue weighted by Gasteiger charge is 2.38. The third-order valence-corrected chi connectivity index (χ3v) is 5.83. The molecule has 0 spiro atoms. The molecule has 0 saturated carbocycles. The smallest absolute Gasteiger partial charge is 0.243 e. The number of likely N-dealkylation sites (tertiary alicyclic amines) is 1. The summed E-state index contributed by atoms with van der Waals surface area (Å²) in [5.74, 6) is -2.32. The van der Waals surface area contributed by atoms with Crippen molar-refractivity contribution >= 4 is 40.9 Å².